The normalized spacial score (nSPS) is 11.0. The second-order valence-electron chi connectivity index (χ2n) is 5.73. The molecule has 1 aromatic heterocycles. The second kappa shape index (κ2) is 8.61. The SMILES string of the molecule is N#CC(=Cc1cn(-c2ccccc2)nc1-c1ccccc1)C(=O)NCCO. The number of hydrogen-bond acceptors (Lipinski definition) is 4. The van der Waals surface area contributed by atoms with Crippen molar-refractivity contribution < 1.29 is 9.90 Å². The Morgan fingerprint density at radius 2 is 1.81 bits per heavy atom. The van der Waals surface area contributed by atoms with Gasteiger partial charge in [-0.1, -0.05) is 48.5 Å². The summed E-state index contributed by atoms with van der Waals surface area (Å²) in [4.78, 5) is 12.1. The van der Waals surface area contributed by atoms with Crippen LogP contribution in [0.5, 0.6) is 0 Å². The molecule has 2 N–H and O–H groups in total. The maximum Gasteiger partial charge on any atom is 0.262 e. The standard InChI is InChI=1S/C21H18N4O2/c22-14-17(21(27)23-11-12-26)13-18-15-25(19-9-5-2-6-10-19)24-20(18)16-7-3-1-4-8-16/h1-10,13,15,26H,11-12H2,(H,23,27). The van der Waals surface area contributed by atoms with Gasteiger partial charge in [0.2, 0.25) is 0 Å². The van der Waals surface area contributed by atoms with E-state index in [9.17, 15) is 10.1 Å². The number of rotatable bonds is 6. The molecule has 0 fully saturated rings. The molecule has 0 aliphatic heterocycles. The van der Waals surface area contributed by atoms with E-state index in [-0.39, 0.29) is 18.7 Å². The van der Waals surface area contributed by atoms with Crippen molar-refractivity contribution in [3.05, 3.63) is 78.0 Å². The Balaban J connectivity index is 2.07. The second-order valence-corrected chi connectivity index (χ2v) is 5.73. The van der Waals surface area contributed by atoms with Gasteiger partial charge in [0.15, 0.2) is 0 Å². The average Bonchev–Trinajstić information content (AvgIpc) is 3.15. The molecule has 0 radical (unpaired) electrons. The van der Waals surface area contributed by atoms with Crippen LogP contribution in [0.3, 0.4) is 0 Å². The highest BCUT2D eigenvalue weighted by atomic mass is 16.3. The lowest BCUT2D eigenvalue weighted by Gasteiger charge is -2.02. The van der Waals surface area contributed by atoms with Gasteiger partial charge in [-0.3, -0.25) is 4.79 Å². The Morgan fingerprint density at radius 3 is 2.44 bits per heavy atom. The summed E-state index contributed by atoms with van der Waals surface area (Å²) in [7, 11) is 0. The summed E-state index contributed by atoms with van der Waals surface area (Å²) in [6.07, 6.45) is 3.30. The van der Waals surface area contributed by atoms with E-state index in [0.29, 0.717) is 11.3 Å². The predicted molar refractivity (Wildman–Crippen MR) is 103 cm³/mol. The van der Waals surface area contributed by atoms with Gasteiger partial charge in [0.1, 0.15) is 11.6 Å². The summed E-state index contributed by atoms with van der Waals surface area (Å²) in [5, 5.41) is 25.4. The van der Waals surface area contributed by atoms with Gasteiger partial charge in [0.25, 0.3) is 5.91 Å². The molecule has 6 heteroatoms. The van der Waals surface area contributed by atoms with Crippen LogP contribution < -0.4 is 5.32 Å². The summed E-state index contributed by atoms with van der Waals surface area (Å²) < 4.78 is 1.72. The molecule has 0 bridgehead atoms. The molecule has 6 nitrogen and oxygen atoms in total. The number of nitrogens with zero attached hydrogens (tertiary/aromatic N) is 3. The lowest BCUT2D eigenvalue weighted by Crippen LogP contribution is -2.27. The number of carbonyl (C=O) groups excluding carboxylic acids is 1. The molecule has 1 amide bonds. The number of aliphatic hydroxyl groups excluding tert-OH is 1. The number of para-hydroxylation sites is 1. The molecule has 2 aromatic carbocycles. The van der Waals surface area contributed by atoms with E-state index < -0.39 is 5.91 Å². The molecule has 0 unspecified atom stereocenters. The molecule has 0 spiro atoms. The van der Waals surface area contributed by atoms with Crippen LogP contribution in [0, 0.1) is 11.3 Å². The molecule has 0 aliphatic carbocycles. The fourth-order valence-corrected chi connectivity index (χ4v) is 2.60. The molecule has 3 rings (SSSR count). The summed E-state index contributed by atoms with van der Waals surface area (Å²) in [6.45, 7) is -0.0989. The Labute approximate surface area is 157 Å². The fraction of sp³-hybridized carbons (Fsp3) is 0.0952. The molecular formula is C21H18N4O2. The molecule has 0 saturated carbocycles. The van der Waals surface area contributed by atoms with Gasteiger partial charge in [-0.05, 0) is 18.2 Å². The minimum absolute atomic E-state index is 0.0479. The van der Waals surface area contributed by atoms with Gasteiger partial charge in [0, 0.05) is 23.9 Å². The molecule has 0 aliphatic rings. The first-order valence-electron chi connectivity index (χ1n) is 8.44. The topological polar surface area (TPSA) is 90.9 Å². The number of hydrogen-bond donors (Lipinski definition) is 2. The van der Waals surface area contributed by atoms with Gasteiger partial charge in [0.05, 0.1) is 18.0 Å². The van der Waals surface area contributed by atoms with E-state index in [1.54, 1.807) is 10.9 Å². The first kappa shape index (κ1) is 18.1. The average molecular weight is 358 g/mol. The Hall–Kier alpha value is -3.69. The van der Waals surface area contributed by atoms with Gasteiger partial charge in [-0.15, -0.1) is 0 Å². The number of aromatic nitrogens is 2. The Morgan fingerprint density at radius 1 is 1.15 bits per heavy atom. The third-order valence-electron chi connectivity index (χ3n) is 3.87. The zero-order valence-electron chi connectivity index (χ0n) is 14.5. The Bertz CT molecular complexity index is 986. The van der Waals surface area contributed by atoms with Gasteiger partial charge in [-0.25, -0.2) is 4.68 Å². The number of nitrogens with one attached hydrogen (secondary N) is 1. The quantitative estimate of drug-likeness (QED) is 0.523. The number of benzene rings is 2. The van der Waals surface area contributed by atoms with Crippen molar-refractivity contribution in [2.75, 3.05) is 13.2 Å². The van der Waals surface area contributed by atoms with Crippen LogP contribution in [0.25, 0.3) is 23.0 Å². The smallest absolute Gasteiger partial charge is 0.262 e. The highest BCUT2D eigenvalue weighted by Crippen LogP contribution is 2.25. The van der Waals surface area contributed by atoms with Crippen LogP contribution >= 0.6 is 0 Å². The third kappa shape index (κ3) is 4.29. The van der Waals surface area contributed by atoms with Crippen LogP contribution in [-0.2, 0) is 4.79 Å². The van der Waals surface area contributed by atoms with Crippen molar-refractivity contribution in [1.82, 2.24) is 15.1 Å². The number of amides is 1. The maximum absolute atomic E-state index is 12.1. The van der Waals surface area contributed by atoms with Crippen LogP contribution in [0.15, 0.2) is 72.4 Å². The molecular weight excluding hydrogens is 340 g/mol. The van der Waals surface area contributed by atoms with Gasteiger partial charge < -0.3 is 10.4 Å². The van der Waals surface area contributed by atoms with Crippen LogP contribution in [0.4, 0.5) is 0 Å². The van der Waals surface area contributed by atoms with E-state index in [2.05, 4.69) is 10.4 Å². The minimum Gasteiger partial charge on any atom is -0.395 e. The lowest BCUT2D eigenvalue weighted by atomic mass is 10.1. The fourth-order valence-electron chi connectivity index (χ4n) is 2.60. The van der Waals surface area contributed by atoms with Crippen molar-refractivity contribution in [2.24, 2.45) is 0 Å². The first-order chi connectivity index (χ1) is 13.2. The van der Waals surface area contributed by atoms with Crippen LogP contribution in [0.1, 0.15) is 5.56 Å². The zero-order valence-corrected chi connectivity index (χ0v) is 14.5. The van der Waals surface area contributed by atoms with Crippen molar-refractivity contribution >= 4 is 12.0 Å². The number of carbonyl (C=O) groups is 1. The molecule has 27 heavy (non-hydrogen) atoms. The monoisotopic (exact) mass is 358 g/mol. The van der Waals surface area contributed by atoms with Gasteiger partial charge >= 0.3 is 0 Å². The molecule has 3 aromatic rings. The van der Waals surface area contributed by atoms with E-state index >= 15 is 0 Å². The van der Waals surface area contributed by atoms with Crippen molar-refractivity contribution in [3.8, 4) is 23.0 Å². The van der Waals surface area contributed by atoms with E-state index in [1.807, 2.05) is 66.7 Å². The lowest BCUT2D eigenvalue weighted by molar-refractivity contribution is -0.117. The van der Waals surface area contributed by atoms with Crippen LogP contribution in [0.2, 0.25) is 0 Å². The van der Waals surface area contributed by atoms with E-state index in [0.717, 1.165) is 11.3 Å². The highest BCUT2D eigenvalue weighted by molar-refractivity contribution is 6.02. The van der Waals surface area contributed by atoms with Crippen molar-refractivity contribution in [2.45, 2.75) is 0 Å². The summed E-state index contributed by atoms with van der Waals surface area (Å²) >= 11 is 0. The van der Waals surface area contributed by atoms with Crippen molar-refractivity contribution in [1.29, 1.82) is 5.26 Å². The maximum atomic E-state index is 12.1. The molecule has 1 heterocycles. The first-order valence-corrected chi connectivity index (χ1v) is 8.44. The highest BCUT2D eigenvalue weighted by Gasteiger charge is 2.14. The predicted octanol–water partition coefficient (Wildman–Crippen LogP) is 2.55. The molecule has 134 valence electrons. The Kier molecular flexibility index (Phi) is 5.77. The number of nitriles is 1. The summed E-state index contributed by atoms with van der Waals surface area (Å²) in [6, 6.07) is 21.1. The summed E-state index contributed by atoms with van der Waals surface area (Å²) in [5.74, 6) is -0.530. The molecule has 0 saturated heterocycles. The number of aliphatic hydroxyl groups is 1. The van der Waals surface area contributed by atoms with Crippen molar-refractivity contribution in [3.63, 3.8) is 0 Å². The van der Waals surface area contributed by atoms with E-state index in [1.165, 1.54) is 6.08 Å². The minimum atomic E-state index is -0.530. The zero-order chi connectivity index (χ0) is 19.1. The van der Waals surface area contributed by atoms with Gasteiger partial charge in [-0.2, -0.15) is 10.4 Å². The largest absolute Gasteiger partial charge is 0.395 e. The van der Waals surface area contributed by atoms with Crippen LogP contribution in [-0.4, -0.2) is 33.9 Å². The third-order valence-corrected chi connectivity index (χ3v) is 3.87. The van der Waals surface area contributed by atoms with E-state index in [4.69, 9.17) is 5.11 Å². The molecule has 0 atom stereocenters. The summed E-state index contributed by atoms with van der Waals surface area (Å²) in [5.41, 5.74) is 3.03.